The molecular weight excluding hydrogens is 408 g/mol. The topological polar surface area (TPSA) is 75.3 Å². The molecular formula is C25H28N2O3S. The quantitative estimate of drug-likeness (QED) is 0.450. The first-order valence-electron chi connectivity index (χ1n) is 10.5. The number of rotatable bonds is 10. The van der Waals surface area contributed by atoms with Crippen LogP contribution in [0.3, 0.4) is 0 Å². The Bertz CT molecular complexity index is 1080. The molecule has 3 aromatic rings. The van der Waals surface area contributed by atoms with E-state index in [1.165, 1.54) is 0 Å². The number of carbonyl (C=O) groups excluding carboxylic acids is 1. The molecule has 162 valence electrons. The van der Waals surface area contributed by atoms with Gasteiger partial charge in [0.25, 0.3) is 5.91 Å². The minimum Gasteiger partial charge on any atom is -0.352 e. The average Bonchev–Trinajstić information content (AvgIpc) is 2.81. The summed E-state index contributed by atoms with van der Waals surface area (Å²) in [5, 5.41) is 2.93. The van der Waals surface area contributed by atoms with Crippen molar-refractivity contribution in [2.24, 2.45) is 0 Å². The van der Waals surface area contributed by atoms with Crippen LogP contribution in [0.4, 0.5) is 0 Å². The number of sulfonamides is 1. The molecule has 6 heteroatoms. The van der Waals surface area contributed by atoms with Gasteiger partial charge in [-0.2, -0.15) is 0 Å². The number of nitrogens with one attached hydrogen (secondary N) is 2. The summed E-state index contributed by atoms with van der Waals surface area (Å²) >= 11 is 0. The monoisotopic (exact) mass is 436 g/mol. The normalized spacial score (nSPS) is 11.3. The van der Waals surface area contributed by atoms with E-state index in [2.05, 4.69) is 17.0 Å². The first-order valence-corrected chi connectivity index (χ1v) is 12.0. The Morgan fingerprint density at radius 2 is 1.42 bits per heavy atom. The Morgan fingerprint density at radius 1 is 0.806 bits per heavy atom. The number of unbranched alkanes of at least 4 members (excludes halogenated alkanes) is 2. The molecule has 3 aromatic carbocycles. The first-order chi connectivity index (χ1) is 15.0. The van der Waals surface area contributed by atoms with E-state index in [0.717, 1.165) is 36.0 Å². The predicted octanol–water partition coefficient (Wildman–Crippen LogP) is 4.75. The third kappa shape index (κ3) is 6.51. The van der Waals surface area contributed by atoms with Gasteiger partial charge in [-0.25, -0.2) is 13.1 Å². The zero-order valence-electron chi connectivity index (χ0n) is 17.7. The Kier molecular flexibility index (Phi) is 7.98. The summed E-state index contributed by atoms with van der Waals surface area (Å²) in [4.78, 5) is 12.4. The number of carbonyl (C=O) groups is 1. The number of hydrogen-bond acceptors (Lipinski definition) is 3. The molecule has 0 atom stereocenters. The van der Waals surface area contributed by atoms with Crippen LogP contribution in [0.5, 0.6) is 0 Å². The summed E-state index contributed by atoms with van der Waals surface area (Å²) in [6, 6.07) is 23.5. The van der Waals surface area contributed by atoms with Crippen LogP contribution in [0.15, 0.2) is 83.8 Å². The van der Waals surface area contributed by atoms with Crippen molar-refractivity contribution < 1.29 is 13.2 Å². The molecule has 0 spiro atoms. The fourth-order valence-electron chi connectivity index (χ4n) is 3.18. The Balaban J connectivity index is 1.62. The fraction of sp³-hybridized carbons (Fsp3) is 0.240. The molecule has 0 aliphatic carbocycles. The molecule has 31 heavy (non-hydrogen) atoms. The van der Waals surface area contributed by atoms with Gasteiger partial charge in [0.1, 0.15) is 0 Å². The van der Waals surface area contributed by atoms with Gasteiger partial charge in [0.15, 0.2) is 0 Å². The lowest BCUT2D eigenvalue weighted by Gasteiger charge is -2.09. The van der Waals surface area contributed by atoms with Crippen LogP contribution in [-0.4, -0.2) is 20.9 Å². The van der Waals surface area contributed by atoms with Gasteiger partial charge < -0.3 is 5.32 Å². The van der Waals surface area contributed by atoms with Gasteiger partial charge in [-0.05, 0) is 47.4 Å². The maximum Gasteiger partial charge on any atom is 0.251 e. The van der Waals surface area contributed by atoms with E-state index in [9.17, 15) is 13.2 Å². The van der Waals surface area contributed by atoms with Crippen LogP contribution in [0.2, 0.25) is 0 Å². The average molecular weight is 437 g/mol. The van der Waals surface area contributed by atoms with E-state index in [4.69, 9.17) is 0 Å². The standard InChI is InChI=1S/C25H28N2O3S/c1-2-3-7-18-26-25(28)23-12-10-21(11-13-23)22-14-16-24(17-15-22)31(29,30)27-19-20-8-5-4-6-9-20/h4-6,8-17,27H,2-3,7,18-19H2,1H3,(H,26,28). The predicted molar refractivity (Wildman–Crippen MR) is 124 cm³/mol. The van der Waals surface area contributed by atoms with Crippen LogP contribution in [0.25, 0.3) is 11.1 Å². The second-order valence-electron chi connectivity index (χ2n) is 7.37. The molecule has 0 unspecified atom stereocenters. The van der Waals surface area contributed by atoms with Gasteiger partial charge >= 0.3 is 0 Å². The van der Waals surface area contributed by atoms with E-state index in [0.29, 0.717) is 12.1 Å². The summed E-state index contributed by atoms with van der Waals surface area (Å²) in [6.45, 7) is 3.05. The summed E-state index contributed by atoms with van der Waals surface area (Å²) in [5.74, 6) is -0.0754. The van der Waals surface area contributed by atoms with Crippen molar-refractivity contribution in [2.45, 2.75) is 37.6 Å². The summed E-state index contributed by atoms with van der Waals surface area (Å²) < 4.78 is 27.7. The molecule has 5 nitrogen and oxygen atoms in total. The number of benzene rings is 3. The molecule has 0 saturated carbocycles. The highest BCUT2D eigenvalue weighted by molar-refractivity contribution is 7.89. The van der Waals surface area contributed by atoms with Crippen molar-refractivity contribution in [3.05, 3.63) is 90.0 Å². The third-order valence-corrected chi connectivity index (χ3v) is 6.44. The molecule has 0 aromatic heterocycles. The van der Waals surface area contributed by atoms with Crippen LogP contribution < -0.4 is 10.0 Å². The molecule has 1 amide bonds. The van der Waals surface area contributed by atoms with Crippen molar-refractivity contribution >= 4 is 15.9 Å². The summed E-state index contributed by atoms with van der Waals surface area (Å²) in [7, 11) is -3.59. The molecule has 0 aliphatic heterocycles. The van der Waals surface area contributed by atoms with E-state index in [1.54, 1.807) is 36.4 Å². The molecule has 0 radical (unpaired) electrons. The number of hydrogen-bond donors (Lipinski definition) is 2. The van der Waals surface area contributed by atoms with Gasteiger partial charge in [0.2, 0.25) is 10.0 Å². The van der Waals surface area contributed by atoms with Gasteiger partial charge in [-0.3, -0.25) is 4.79 Å². The maximum absolute atomic E-state index is 12.5. The minimum absolute atomic E-state index is 0.0754. The van der Waals surface area contributed by atoms with E-state index in [-0.39, 0.29) is 17.3 Å². The van der Waals surface area contributed by atoms with Crippen LogP contribution in [0.1, 0.15) is 42.1 Å². The second-order valence-corrected chi connectivity index (χ2v) is 9.14. The molecule has 0 fully saturated rings. The van der Waals surface area contributed by atoms with Crippen LogP contribution >= 0.6 is 0 Å². The Labute approximate surface area is 184 Å². The Morgan fingerprint density at radius 3 is 2.03 bits per heavy atom. The van der Waals surface area contributed by atoms with Crippen molar-refractivity contribution in [3.8, 4) is 11.1 Å². The largest absolute Gasteiger partial charge is 0.352 e. The zero-order valence-corrected chi connectivity index (χ0v) is 18.5. The zero-order chi connectivity index (χ0) is 22.1. The van der Waals surface area contributed by atoms with Crippen molar-refractivity contribution in [3.63, 3.8) is 0 Å². The maximum atomic E-state index is 12.5. The van der Waals surface area contributed by atoms with E-state index < -0.39 is 10.0 Å². The SMILES string of the molecule is CCCCCNC(=O)c1ccc(-c2ccc(S(=O)(=O)NCc3ccccc3)cc2)cc1. The highest BCUT2D eigenvalue weighted by Crippen LogP contribution is 2.22. The lowest BCUT2D eigenvalue weighted by atomic mass is 10.0. The molecule has 0 bridgehead atoms. The minimum atomic E-state index is -3.59. The highest BCUT2D eigenvalue weighted by Gasteiger charge is 2.14. The van der Waals surface area contributed by atoms with Gasteiger partial charge in [-0.15, -0.1) is 0 Å². The summed E-state index contributed by atoms with van der Waals surface area (Å²) in [5.41, 5.74) is 3.32. The lowest BCUT2D eigenvalue weighted by Crippen LogP contribution is -2.24. The molecule has 3 rings (SSSR count). The van der Waals surface area contributed by atoms with Crippen molar-refractivity contribution in [2.75, 3.05) is 6.54 Å². The van der Waals surface area contributed by atoms with Gasteiger partial charge in [-0.1, -0.05) is 74.4 Å². The van der Waals surface area contributed by atoms with Gasteiger partial charge in [0, 0.05) is 18.7 Å². The second kappa shape index (κ2) is 10.9. The molecule has 0 saturated heterocycles. The lowest BCUT2D eigenvalue weighted by molar-refractivity contribution is 0.0953. The van der Waals surface area contributed by atoms with Crippen molar-refractivity contribution in [1.82, 2.24) is 10.0 Å². The van der Waals surface area contributed by atoms with E-state index >= 15 is 0 Å². The first kappa shape index (κ1) is 22.7. The molecule has 2 N–H and O–H groups in total. The Hall–Kier alpha value is -2.96. The fourth-order valence-corrected chi connectivity index (χ4v) is 4.19. The third-order valence-electron chi connectivity index (χ3n) is 5.02. The highest BCUT2D eigenvalue weighted by atomic mass is 32.2. The van der Waals surface area contributed by atoms with Crippen LogP contribution in [0, 0.1) is 0 Å². The summed E-state index contributed by atoms with van der Waals surface area (Å²) in [6.07, 6.45) is 3.20. The number of amides is 1. The van der Waals surface area contributed by atoms with Crippen LogP contribution in [-0.2, 0) is 16.6 Å². The van der Waals surface area contributed by atoms with Gasteiger partial charge in [0.05, 0.1) is 4.90 Å². The smallest absolute Gasteiger partial charge is 0.251 e. The molecule has 0 heterocycles. The van der Waals surface area contributed by atoms with Crippen molar-refractivity contribution in [1.29, 1.82) is 0 Å². The van der Waals surface area contributed by atoms with E-state index in [1.807, 2.05) is 42.5 Å². The molecule has 0 aliphatic rings.